The van der Waals surface area contributed by atoms with Gasteiger partial charge in [-0.1, -0.05) is 12.1 Å². The number of carbonyl (C=O) groups excluding carboxylic acids is 1. The average molecular weight is 404 g/mol. The lowest BCUT2D eigenvalue weighted by molar-refractivity contribution is 0.103. The molecule has 0 spiro atoms. The Morgan fingerprint density at radius 3 is 1.55 bits per heavy atom. The summed E-state index contributed by atoms with van der Waals surface area (Å²) in [4.78, 5) is 12.4. The Hall–Kier alpha value is -1.07. The van der Waals surface area contributed by atoms with Gasteiger partial charge in [0.25, 0.3) is 0 Å². The number of rotatable bonds is 2. The summed E-state index contributed by atoms with van der Waals surface area (Å²) in [6.07, 6.45) is 0. The number of halogens is 4. The van der Waals surface area contributed by atoms with Gasteiger partial charge in [0, 0.05) is 11.1 Å². The first kappa shape index (κ1) is 15.3. The van der Waals surface area contributed by atoms with Crippen LogP contribution in [0.15, 0.2) is 33.2 Å². The summed E-state index contributed by atoms with van der Waals surface area (Å²) in [6.45, 7) is 3.21. The largest absolute Gasteiger partial charge is 0.289 e. The molecule has 2 aromatic carbocycles. The Balaban J connectivity index is 2.58. The molecule has 0 atom stereocenters. The van der Waals surface area contributed by atoms with Gasteiger partial charge in [-0.3, -0.25) is 4.79 Å². The van der Waals surface area contributed by atoms with Crippen LogP contribution in [0, 0.1) is 25.5 Å². The molecule has 0 heterocycles. The van der Waals surface area contributed by atoms with Gasteiger partial charge in [0.05, 0.1) is 8.95 Å². The Labute approximate surface area is 132 Å². The van der Waals surface area contributed by atoms with Crippen molar-refractivity contribution in [1.82, 2.24) is 0 Å². The lowest BCUT2D eigenvalue weighted by Gasteiger charge is -2.09. The van der Waals surface area contributed by atoms with Crippen molar-refractivity contribution < 1.29 is 13.6 Å². The smallest absolute Gasteiger partial charge is 0.195 e. The Morgan fingerprint density at radius 2 is 1.20 bits per heavy atom. The number of ketones is 1. The molecule has 0 aromatic heterocycles. The van der Waals surface area contributed by atoms with Crippen molar-refractivity contribution in [2.24, 2.45) is 0 Å². The predicted octanol–water partition coefficient (Wildman–Crippen LogP) is 5.34. The molecule has 2 rings (SSSR count). The van der Waals surface area contributed by atoms with Crippen molar-refractivity contribution in [3.63, 3.8) is 0 Å². The number of carbonyl (C=O) groups is 1. The first-order chi connectivity index (χ1) is 9.34. The maximum atomic E-state index is 13.8. The minimum absolute atomic E-state index is 0.0929. The summed E-state index contributed by atoms with van der Waals surface area (Å²) in [6, 6.07) is 6.08. The monoisotopic (exact) mass is 402 g/mol. The molecule has 104 valence electrons. The molecule has 2 aromatic rings. The summed E-state index contributed by atoms with van der Waals surface area (Å²) in [5.41, 5.74) is 1.19. The van der Waals surface area contributed by atoms with Gasteiger partial charge in [0.1, 0.15) is 11.6 Å². The summed E-state index contributed by atoms with van der Waals surface area (Å²) in [7, 11) is 0. The summed E-state index contributed by atoms with van der Waals surface area (Å²) in [5.74, 6) is -1.42. The van der Waals surface area contributed by atoms with Crippen LogP contribution in [0.1, 0.15) is 27.0 Å². The van der Waals surface area contributed by atoms with Crippen LogP contribution in [0.5, 0.6) is 0 Å². The van der Waals surface area contributed by atoms with Crippen molar-refractivity contribution in [2.75, 3.05) is 0 Å². The van der Waals surface area contributed by atoms with E-state index in [-0.39, 0.29) is 20.1 Å². The highest BCUT2D eigenvalue weighted by atomic mass is 79.9. The standard InChI is InChI=1S/C15H10Br2F2O/c1-7-3-5-9(11(16)13(7)18)15(20)10-6-4-8(2)14(19)12(10)17/h3-6H,1-2H3. The van der Waals surface area contributed by atoms with Crippen molar-refractivity contribution >= 4 is 37.6 Å². The van der Waals surface area contributed by atoms with Crippen LogP contribution in [0.2, 0.25) is 0 Å². The number of hydrogen-bond donors (Lipinski definition) is 0. The Kier molecular flexibility index (Phi) is 4.39. The van der Waals surface area contributed by atoms with Crippen LogP contribution < -0.4 is 0 Å². The molecule has 5 heteroatoms. The summed E-state index contributed by atoms with van der Waals surface area (Å²) < 4.78 is 27.8. The van der Waals surface area contributed by atoms with Crippen LogP contribution in [0.4, 0.5) is 8.78 Å². The van der Waals surface area contributed by atoms with E-state index in [9.17, 15) is 13.6 Å². The van der Waals surface area contributed by atoms with Gasteiger partial charge < -0.3 is 0 Å². The van der Waals surface area contributed by atoms with Gasteiger partial charge in [0.2, 0.25) is 0 Å². The first-order valence-corrected chi connectivity index (χ1v) is 7.37. The zero-order chi connectivity index (χ0) is 15.0. The summed E-state index contributed by atoms with van der Waals surface area (Å²) in [5, 5.41) is 0. The number of hydrogen-bond acceptors (Lipinski definition) is 1. The number of aryl methyl sites for hydroxylation is 2. The molecule has 0 N–H and O–H groups in total. The zero-order valence-electron chi connectivity index (χ0n) is 10.7. The fraction of sp³-hybridized carbons (Fsp3) is 0.133. The van der Waals surface area contributed by atoms with Gasteiger partial charge in [-0.05, 0) is 69.0 Å². The first-order valence-electron chi connectivity index (χ1n) is 5.78. The topological polar surface area (TPSA) is 17.1 Å². The molecule has 0 saturated carbocycles. The van der Waals surface area contributed by atoms with Crippen LogP contribution in [-0.4, -0.2) is 5.78 Å². The van der Waals surface area contributed by atoms with Crippen molar-refractivity contribution in [2.45, 2.75) is 13.8 Å². The normalized spacial score (nSPS) is 10.7. The van der Waals surface area contributed by atoms with Gasteiger partial charge in [0.15, 0.2) is 5.78 Å². The molecule has 0 aliphatic rings. The van der Waals surface area contributed by atoms with Crippen molar-refractivity contribution in [3.05, 3.63) is 67.1 Å². The highest BCUT2D eigenvalue weighted by Crippen LogP contribution is 2.30. The van der Waals surface area contributed by atoms with E-state index in [0.29, 0.717) is 11.1 Å². The Morgan fingerprint density at radius 1 is 0.850 bits per heavy atom. The van der Waals surface area contributed by atoms with E-state index in [2.05, 4.69) is 31.9 Å². The third-order valence-electron chi connectivity index (χ3n) is 3.04. The fourth-order valence-corrected chi connectivity index (χ4v) is 3.04. The second kappa shape index (κ2) is 5.74. The highest BCUT2D eigenvalue weighted by Gasteiger charge is 2.20. The second-order valence-corrected chi connectivity index (χ2v) is 6.03. The average Bonchev–Trinajstić information content (AvgIpc) is 2.42. The second-order valence-electron chi connectivity index (χ2n) is 4.45. The minimum Gasteiger partial charge on any atom is -0.289 e. The summed E-state index contributed by atoms with van der Waals surface area (Å²) >= 11 is 6.16. The highest BCUT2D eigenvalue weighted by molar-refractivity contribution is 9.11. The van der Waals surface area contributed by atoms with Crippen molar-refractivity contribution in [1.29, 1.82) is 0 Å². The quantitative estimate of drug-likeness (QED) is 0.618. The Bertz CT molecular complexity index is 652. The van der Waals surface area contributed by atoms with Crippen LogP contribution in [0.3, 0.4) is 0 Å². The van der Waals surface area contributed by atoms with E-state index in [1.54, 1.807) is 13.8 Å². The SMILES string of the molecule is Cc1ccc(C(=O)c2ccc(C)c(F)c2Br)c(Br)c1F. The van der Waals surface area contributed by atoms with Gasteiger partial charge in [-0.2, -0.15) is 0 Å². The maximum absolute atomic E-state index is 13.8. The lowest BCUT2D eigenvalue weighted by Crippen LogP contribution is -2.06. The van der Waals surface area contributed by atoms with Gasteiger partial charge in [-0.25, -0.2) is 8.78 Å². The molecule has 0 radical (unpaired) electrons. The predicted molar refractivity (Wildman–Crippen MR) is 81.1 cm³/mol. The van der Waals surface area contributed by atoms with E-state index in [1.807, 2.05) is 0 Å². The number of benzene rings is 2. The molecule has 0 unspecified atom stereocenters. The molecular formula is C15H10Br2F2O. The molecular weight excluding hydrogens is 394 g/mol. The van der Waals surface area contributed by atoms with Gasteiger partial charge in [-0.15, -0.1) is 0 Å². The van der Waals surface area contributed by atoms with Crippen LogP contribution in [-0.2, 0) is 0 Å². The van der Waals surface area contributed by atoms with Crippen molar-refractivity contribution in [3.8, 4) is 0 Å². The molecule has 0 bridgehead atoms. The van der Waals surface area contributed by atoms with E-state index in [4.69, 9.17) is 0 Å². The van der Waals surface area contributed by atoms with Crippen LogP contribution >= 0.6 is 31.9 Å². The molecule has 0 aliphatic carbocycles. The van der Waals surface area contributed by atoms with E-state index < -0.39 is 17.4 Å². The van der Waals surface area contributed by atoms with Gasteiger partial charge >= 0.3 is 0 Å². The molecule has 0 aliphatic heterocycles. The molecule has 0 fully saturated rings. The third-order valence-corrected chi connectivity index (χ3v) is 4.59. The maximum Gasteiger partial charge on any atom is 0.195 e. The van der Waals surface area contributed by atoms with E-state index in [0.717, 1.165) is 0 Å². The third kappa shape index (κ3) is 2.56. The molecule has 20 heavy (non-hydrogen) atoms. The minimum atomic E-state index is -0.487. The van der Waals surface area contributed by atoms with Crippen LogP contribution in [0.25, 0.3) is 0 Å². The van der Waals surface area contributed by atoms with E-state index >= 15 is 0 Å². The fourth-order valence-electron chi connectivity index (χ4n) is 1.79. The lowest BCUT2D eigenvalue weighted by atomic mass is 10.0. The molecule has 0 amide bonds. The van der Waals surface area contributed by atoms with E-state index in [1.165, 1.54) is 24.3 Å². The zero-order valence-corrected chi connectivity index (χ0v) is 13.9. The molecule has 0 saturated heterocycles. The molecule has 1 nitrogen and oxygen atoms in total.